The van der Waals surface area contributed by atoms with Crippen LogP contribution in [0.15, 0.2) is 51.6 Å². The molecule has 0 bridgehead atoms. The second-order valence-electron chi connectivity index (χ2n) is 5.62. The van der Waals surface area contributed by atoms with Crippen LogP contribution in [0.3, 0.4) is 0 Å². The van der Waals surface area contributed by atoms with E-state index in [1.807, 2.05) is 25.3 Å². The van der Waals surface area contributed by atoms with Gasteiger partial charge in [0.2, 0.25) is 0 Å². The molecule has 1 amide bonds. The number of aryl methyl sites for hydroxylation is 1. The molecule has 0 aliphatic rings. The molecule has 0 fully saturated rings. The van der Waals surface area contributed by atoms with Crippen LogP contribution in [0.1, 0.15) is 21.9 Å². The van der Waals surface area contributed by atoms with Crippen LogP contribution < -0.4 is 10.1 Å². The van der Waals surface area contributed by atoms with Gasteiger partial charge >= 0.3 is 0 Å². The van der Waals surface area contributed by atoms with Crippen molar-refractivity contribution in [3.8, 4) is 5.75 Å². The fraction of sp³-hybridized carbons (Fsp3) is 0.222. The van der Waals surface area contributed by atoms with E-state index >= 15 is 0 Å². The molecule has 3 aromatic rings. The lowest BCUT2D eigenvalue weighted by Crippen LogP contribution is -2.27. The van der Waals surface area contributed by atoms with E-state index < -0.39 is 0 Å². The zero-order chi connectivity index (χ0) is 18.5. The molecule has 1 aromatic carbocycles. The number of benzene rings is 1. The molecule has 8 heteroatoms. The Hall–Kier alpha value is -2.25. The number of halogens is 2. The number of nitrogens with one attached hydrogen (secondary N) is 1. The van der Waals surface area contributed by atoms with Crippen molar-refractivity contribution in [1.82, 2.24) is 15.1 Å². The van der Waals surface area contributed by atoms with Crippen LogP contribution in [-0.2, 0) is 13.2 Å². The summed E-state index contributed by atoms with van der Waals surface area (Å²) in [6.45, 7) is 3.12. The largest absolute Gasteiger partial charge is 0.484 e. The Morgan fingerprint density at radius 2 is 2.23 bits per heavy atom. The summed E-state index contributed by atoms with van der Waals surface area (Å²) in [6.07, 6.45) is 3.53. The molecular formula is C18H17BrClN3O3. The molecule has 6 nitrogen and oxygen atoms in total. The highest BCUT2D eigenvalue weighted by atomic mass is 79.9. The van der Waals surface area contributed by atoms with Gasteiger partial charge in [-0.2, -0.15) is 5.10 Å². The number of carbonyl (C=O) groups is 1. The SMILES string of the molecule is Cc1cccc(Cl)c1OCc1ccc(C(=O)NCCn2cc(Br)cn2)o1. The Bertz CT molecular complexity index is 886. The molecule has 0 atom stereocenters. The van der Waals surface area contributed by atoms with Gasteiger partial charge in [0.1, 0.15) is 18.1 Å². The van der Waals surface area contributed by atoms with Gasteiger partial charge in [-0.3, -0.25) is 9.48 Å². The van der Waals surface area contributed by atoms with Crippen molar-refractivity contribution in [1.29, 1.82) is 0 Å². The van der Waals surface area contributed by atoms with E-state index in [2.05, 4.69) is 26.3 Å². The molecule has 3 rings (SSSR count). The minimum absolute atomic E-state index is 0.194. The van der Waals surface area contributed by atoms with Gasteiger partial charge in [-0.25, -0.2) is 0 Å². The van der Waals surface area contributed by atoms with E-state index in [0.717, 1.165) is 10.0 Å². The van der Waals surface area contributed by atoms with Gasteiger partial charge in [0.15, 0.2) is 5.76 Å². The van der Waals surface area contributed by atoms with E-state index in [4.69, 9.17) is 20.8 Å². The van der Waals surface area contributed by atoms with Crippen LogP contribution in [0.2, 0.25) is 5.02 Å². The monoisotopic (exact) mass is 437 g/mol. The van der Waals surface area contributed by atoms with E-state index in [-0.39, 0.29) is 18.3 Å². The van der Waals surface area contributed by atoms with Crippen molar-refractivity contribution in [2.45, 2.75) is 20.1 Å². The molecule has 2 heterocycles. The maximum Gasteiger partial charge on any atom is 0.287 e. The molecular weight excluding hydrogens is 422 g/mol. The number of hydrogen-bond acceptors (Lipinski definition) is 4. The first-order chi connectivity index (χ1) is 12.5. The highest BCUT2D eigenvalue weighted by Gasteiger charge is 2.12. The Morgan fingerprint density at radius 3 is 2.96 bits per heavy atom. The number of para-hydroxylation sites is 1. The Morgan fingerprint density at radius 1 is 1.38 bits per heavy atom. The molecule has 136 valence electrons. The maximum absolute atomic E-state index is 12.1. The second kappa shape index (κ2) is 8.42. The summed E-state index contributed by atoms with van der Waals surface area (Å²) in [5, 5.41) is 7.46. The van der Waals surface area contributed by atoms with E-state index in [9.17, 15) is 4.79 Å². The smallest absolute Gasteiger partial charge is 0.287 e. The summed E-state index contributed by atoms with van der Waals surface area (Å²) in [7, 11) is 0. The fourth-order valence-corrected chi connectivity index (χ4v) is 2.96. The lowest BCUT2D eigenvalue weighted by Gasteiger charge is -2.09. The van der Waals surface area contributed by atoms with Crippen LogP contribution in [0.4, 0.5) is 0 Å². The maximum atomic E-state index is 12.1. The lowest BCUT2D eigenvalue weighted by molar-refractivity contribution is 0.0920. The van der Waals surface area contributed by atoms with Gasteiger partial charge in [-0.05, 0) is 46.6 Å². The minimum Gasteiger partial charge on any atom is -0.484 e. The summed E-state index contributed by atoms with van der Waals surface area (Å²) in [5.41, 5.74) is 0.937. The average molecular weight is 439 g/mol. The normalized spacial score (nSPS) is 10.7. The fourth-order valence-electron chi connectivity index (χ4n) is 2.35. The van der Waals surface area contributed by atoms with Gasteiger partial charge in [0, 0.05) is 12.7 Å². The summed E-state index contributed by atoms with van der Waals surface area (Å²) < 4.78 is 13.9. The number of carbonyl (C=O) groups excluding carboxylic acids is 1. The zero-order valence-corrected chi connectivity index (χ0v) is 16.4. The van der Waals surface area contributed by atoms with E-state index in [0.29, 0.717) is 29.6 Å². The summed E-state index contributed by atoms with van der Waals surface area (Å²) in [5.74, 6) is 1.12. The lowest BCUT2D eigenvalue weighted by atomic mass is 10.2. The standard InChI is InChI=1S/C18H17BrClN3O3/c1-12-3-2-4-15(20)17(12)25-11-14-5-6-16(26-14)18(24)21-7-8-23-10-13(19)9-22-23/h2-6,9-10H,7-8,11H2,1H3,(H,21,24). The van der Waals surface area contributed by atoms with Crippen molar-refractivity contribution in [2.24, 2.45) is 0 Å². The van der Waals surface area contributed by atoms with Crippen LogP contribution in [0.25, 0.3) is 0 Å². The van der Waals surface area contributed by atoms with Crippen LogP contribution in [0, 0.1) is 6.92 Å². The van der Waals surface area contributed by atoms with Crippen molar-refractivity contribution in [3.05, 3.63) is 69.3 Å². The molecule has 1 N–H and O–H groups in total. The minimum atomic E-state index is -0.281. The molecule has 0 aliphatic carbocycles. The molecule has 0 saturated heterocycles. The number of furan rings is 1. The third kappa shape index (κ3) is 4.68. The summed E-state index contributed by atoms with van der Waals surface area (Å²) >= 11 is 9.46. The third-order valence-corrected chi connectivity index (χ3v) is 4.34. The number of ether oxygens (including phenoxy) is 1. The topological polar surface area (TPSA) is 69.3 Å². The molecule has 26 heavy (non-hydrogen) atoms. The van der Waals surface area contributed by atoms with E-state index in [1.54, 1.807) is 29.1 Å². The molecule has 0 unspecified atom stereocenters. The molecule has 0 spiro atoms. The first-order valence-corrected chi connectivity index (χ1v) is 9.13. The number of aromatic nitrogens is 2. The highest BCUT2D eigenvalue weighted by Crippen LogP contribution is 2.28. The first-order valence-electron chi connectivity index (χ1n) is 7.95. The van der Waals surface area contributed by atoms with Gasteiger partial charge in [-0.15, -0.1) is 0 Å². The van der Waals surface area contributed by atoms with E-state index in [1.165, 1.54) is 0 Å². The van der Waals surface area contributed by atoms with Crippen LogP contribution in [-0.4, -0.2) is 22.2 Å². The molecule has 0 aliphatic heterocycles. The Labute approximate surface area is 164 Å². The Kier molecular flexibility index (Phi) is 6.00. The Balaban J connectivity index is 1.51. The molecule has 2 aromatic heterocycles. The number of nitrogens with zero attached hydrogens (tertiary/aromatic N) is 2. The second-order valence-corrected chi connectivity index (χ2v) is 6.94. The van der Waals surface area contributed by atoms with Crippen molar-refractivity contribution >= 4 is 33.4 Å². The molecule has 0 saturated carbocycles. The average Bonchev–Trinajstić information content (AvgIpc) is 3.23. The van der Waals surface area contributed by atoms with Gasteiger partial charge in [0.05, 0.1) is 22.2 Å². The predicted molar refractivity (Wildman–Crippen MR) is 101 cm³/mol. The number of amides is 1. The van der Waals surface area contributed by atoms with Crippen LogP contribution in [0.5, 0.6) is 5.75 Å². The van der Waals surface area contributed by atoms with Crippen LogP contribution >= 0.6 is 27.5 Å². The quantitative estimate of drug-likeness (QED) is 0.600. The zero-order valence-electron chi connectivity index (χ0n) is 14.0. The van der Waals surface area contributed by atoms with Crippen molar-refractivity contribution in [3.63, 3.8) is 0 Å². The first kappa shape index (κ1) is 18.5. The van der Waals surface area contributed by atoms with Gasteiger partial charge in [-0.1, -0.05) is 23.7 Å². The molecule has 0 radical (unpaired) electrons. The predicted octanol–water partition coefficient (Wildman–Crippen LogP) is 4.21. The summed E-state index contributed by atoms with van der Waals surface area (Å²) in [4.78, 5) is 12.1. The van der Waals surface area contributed by atoms with Gasteiger partial charge < -0.3 is 14.5 Å². The third-order valence-electron chi connectivity index (χ3n) is 3.64. The summed E-state index contributed by atoms with van der Waals surface area (Å²) in [6, 6.07) is 8.88. The number of hydrogen-bond donors (Lipinski definition) is 1. The van der Waals surface area contributed by atoms with Crippen molar-refractivity contribution < 1.29 is 13.9 Å². The number of rotatable bonds is 7. The van der Waals surface area contributed by atoms with Gasteiger partial charge in [0.25, 0.3) is 5.91 Å². The highest BCUT2D eigenvalue weighted by molar-refractivity contribution is 9.10. The van der Waals surface area contributed by atoms with Crippen molar-refractivity contribution in [2.75, 3.05) is 6.54 Å².